The zero-order valence-electron chi connectivity index (χ0n) is 14.0. The minimum absolute atomic E-state index is 0.0187. The molecule has 1 aliphatic heterocycles. The first-order valence-corrected chi connectivity index (χ1v) is 9.08. The van der Waals surface area contributed by atoms with Gasteiger partial charge in [0, 0.05) is 24.0 Å². The number of hydrogen-bond donors (Lipinski definition) is 2. The van der Waals surface area contributed by atoms with Crippen LogP contribution in [0.2, 0.25) is 5.02 Å². The highest BCUT2D eigenvalue weighted by Gasteiger charge is 2.28. The van der Waals surface area contributed by atoms with Crippen LogP contribution in [-0.4, -0.2) is 30.9 Å². The van der Waals surface area contributed by atoms with Gasteiger partial charge in [-0.15, -0.1) is 0 Å². The Morgan fingerprint density at radius 3 is 2.54 bits per heavy atom. The number of nitrogens with one attached hydrogen (secondary N) is 2. The number of benzene rings is 1. The number of amides is 2. The van der Waals surface area contributed by atoms with Gasteiger partial charge in [-0.25, -0.2) is 0 Å². The summed E-state index contributed by atoms with van der Waals surface area (Å²) < 4.78 is 0. The second-order valence-corrected chi connectivity index (χ2v) is 7.14. The van der Waals surface area contributed by atoms with Crippen molar-refractivity contribution in [3.63, 3.8) is 0 Å². The molecule has 1 heterocycles. The first-order valence-electron chi connectivity index (χ1n) is 8.70. The van der Waals surface area contributed by atoms with E-state index < -0.39 is 6.04 Å². The van der Waals surface area contributed by atoms with E-state index >= 15 is 0 Å². The Morgan fingerprint density at radius 1 is 1.21 bits per heavy atom. The van der Waals surface area contributed by atoms with Crippen LogP contribution in [0.1, 0.15) is 39.0 Å². The van der Waals surface area contributed by atoms with E-state index in [9.17, 15) is 9.59 Å². The molecule has 5 nitrogen and oxygen atoms in total. The molecule has 2 amide bonds. The average molecular weight is 350 g/mol. The molecule has 2 aliphatic rings. The molecule has 1 aromatic carbocycles. The Bertz CT molecular complexity index is 625. The third-order valence-electron chi connectivity index (χ3n) is 4.89. The van der Waals surface area contributed by atoms with Gasteiger partial charge in [-0.05, 0) is 50.8 Å². The normalized spacial score (nSPS) is 18.8. The van der Waals surface area contributed by atoms with Crippen molar-refractivity contribution in [3.8, 4) is 0 Å². The van der Waals surface area contributed by atoms with Crippen LogP contribution in [0.3, 0.4) is 0 Å². The Morgan fingerprint density at radius 2 is 1.92 bits per heavy atom. The number of rotatable bonds is 5. The summed E-state index contributed by atoms with van der Waals surface area (Å²) in [5, 5.41) is 6.32. The van der Waals surface area contributed by atoms with Gasteiger partial charge in [0.25, 0.3) is 0 Å². The number of halogens is 1. The molecule has 6 heteroatoms. The molecule has 1 aromatic rings. The highest BCUT2D eigenvalue weighted by molar-refractivity contribution is 6.31. The Balaban J connectivity index is 1.66. The van der Waals surface area contributed by atoms with E-state index in [2.05, 4.69) is 15.5 Å². The zero-order chi connectivity index (χ0) is 17.1. The van der Waals surface area contributed by atoms with Gasteiger partial charge in [0.05, 0.1) is 11.4 Å². The van der Waals surface area contributed by atoms with E-state index in [0.717, 1.165) is 50.9 Å². The molecule has 0 unspecified atom stereocenters. The fourth-order valence-corrected chi connectivity index (χ4v) is 3.32. The van der Waals surface area contributed by atoms with Crippen molar-refractivity contribution in [2.24, 2.45) is 5.92 Å². The maximum absolute atomic E-state index is 12.5. The monoisotopic (exact) mass is 349 g/mol. The van der Waals surface area contributed by atoms with Crippen molar-refractivity contribution in [1.29, 1.82) is 0 Å². The fraction of sp³-hybridized carbons (Fsp3) is 0.556. The molecule has 24 heavy (non-hydrogen) atoms. The van der Waals surface area contributed by atoms with Gasteiger partial charge in [-0.3, -0.25) is 9.59 Å². The van der Waals surface area contributed by atoms with Crippen molar-refractivity contribution < 1.29 is 9.59 Å². The molecule has 0 aromatic heterocycles. The average Bonchev–Trinajstić information content (AvgIpc) is 2.99. The topological polar surface area (TPSA) is 61.4 Å². The predicted octanol–water partition coefficient (Wildman–Crippen LogP) is 3.18. The second kappa shape index (κ2) is 7.43. The highest BCUT2D eigenvalue weighted by Crippen LogP contribution is 2.31. The Hall–Kier alpha value is -1.75. The van der Waals surface area contributed by atoms with Crippen LogP contribution in [0.15, 0.2) is 18.2 Å². The third-order valence-corrected chi connectivity index (χ3v) is 5.13. The summed E-state index contributed by atoms with van der Waals surface area (Å²) in [6, 6.07) is 4.99. The molecule has 1 atom stereocenters. The summed E-state index contributed by atoms with van der Waals surface area (Å²) in [6.07, 6.45) is 5.26. The Labute approximate surface area is 147 Å². The summed E-state index contributed by atoms with van der Waals surface area (Å²) in [7, 11) is 0. The third kappa shape index (κ3) is 3.83. The van der Waals surface area contributed by atoms with Crippen LogP contribution < -0.4 is 15.5 Å². The van der Waals surface area contributed by atoms with E-state index in [4.69, 9.17) is 11.6 Å². The van der Waals surface area contributed by atoms with Crippen LogP contribution in [0.25, 0.3) is 0 Å². The predicted molar refractivity (Wildman–Crippen MR) is 96.5 cm³/mol. The van der Waals surface area contributed by atoms with Gasteiger partial charge in [0.2, 0.25) is 11.8 Å². The number of carbonyl (C=O) groups excluding carboxylic acids is 2. The van der Waals surface area contributed by atoms with Gasteiger partial charge in [0.1, 0.15) is 6.04 Å². The molecule has 2 fully saturated rings. The smallest absolute Gasteiger partial charge is 0.246 e. The maximum Gasteiger partial charge on any atom is 0.246 e. The minimum Gasteiger partial charge on any atom is -0.370 e. The molecule has 3 rings (SSSR count). The molecule has 0 spiro atoms. The van der Waals surface area contributed by atoms with E-state index in [0.29, 0.717) is 10.7 Å². The molecule has 0 bridgehead atoms. The van der Waals surface area contributed by atoms with Crippen molar-refractivity contribution in [3.05, 3.63) is 23.2 Å². The van der Waals surface area contributed by atoms with E-state index in [1.165, 1.54) is 0 Å². The van der Waals surface area contributed by atoms with Crippen LogP contribution >= 0.6 is 11.6 Å². The molecule has 0 radical (unpaired) electrons. The van der Waals surface area contributed by atoms with Gasteiger partial charge >= 0.3 is 0 Å². The molecule has 1 saturated carbocycles. The summed E-state index contributed by atoms with van der Waals surface area (Å²) in [4.78, 5) is 26.7. The summed E-state index contributed by atoms with van der Waals surface area (Å²) in [5.74, 6) is -0.160. The van der Waals surface area contributed by atoms with Crippen LogP contribution in [0.5, 0.6) is 0 Å². The quantitative estimate of drug-likeness (QED) is 0.858. The summed E-state index contributed by atoms with van der Waals surface area (Å²) in [6.45, 7) is 3.68. The standard InChI is InChI=1S/C18H24ClN3O2/c1-12(20-18(24)13-5-4-6-13)17(23)21-15-11-14(19)7-8-16(15)22-9-2-3-10-22/h7-8,11-13H,2-6,9-10H2,1H3,(H,20,24)(H,21,23)/t12-/m0/s1. The first kappa shape index (κ1) is 17.1. The molecular weight excluding hydrogens is 326 g/mol. The first-order chi connectivity index (χ1) is 11.5. The largest absolute Gasteiger partial charge is 0.370 e. The number of hydrogen-bond acceptors (Lipinski definition) is 3. The van der Waals surface area contributed by atoms with Gasteiger partial charge in [-0.1, -0.05) is 18.0 Å². The lowest BCUT2D eigenvalue weighted by atomic mass is 9.84. The van der Waals surface area contributed by atoms with Crippen LogP contribution in [-0.2, 0) is 9.59 Å². The molecule has 1 aliphatic carbocycles. The van der Waals surface area contributed by atoms with Gasteiger partial charge < -0.3 is 15.5 Å². The lowest BCUT2D eigenvalue weighted by Gasteiger charge is -2.26. The van der Waals surface area contributed by atoms with Crippen LogP contribution in [0, 0.1) is 5.92 Å². The van der Waals surface area contributed by atoms with Gasteiger partial charge in [0.15, 0.2) is 0 Å². The van der Waals surface area contributed by atoms with Crippen LogP contribution in [0.4, 0.5) is 11.4 Å². The lowest BCUT2D eigenvalue weighted by Crippen LogP contribution is -2.45. The summed E-state index contributed by atoms with van der Waals surface area (Å²) >= 11 is 6.10. The summed E-state index contributed by atoms with van der Waals surface area (Å²) in [5.41, 5.74) is 1.70. The number of carbonyl (C=O) groups is 2. The van der Waals surface area contributed by atoms with E-state index in [1.807, 2.05) is 12.1 Å². The van der Waals surface area contributed by atoms with Crippen molar-refractivity contribution >= 4 is 34.8 Å². The SMILES string of the molecule is C[C@H](NC(=O)C1CCC1)C(=O)Nc1cc(Cl)ccc1N1CCCC1. The van der Waals surface area contributed by atoms with Crippen molar-refractivity contribution in [1.82, 2.24) is 5.32 Å². The second-order valence-electron chi connectivity index (χ2n) is 6.70. The molecule has 130 valence electrons. The van der Waals surface area contributed by atoms with Gasteiger partial charge in [-0.2, -0.15) is 0 Å². The van der Waals surface area contributed by atoms with Crippen molar-refractivity contribution in [2.45, 2.75) is 45.1 Å². The minimum atomic E-state index is -0.566. The molecule has 1 saturated heterocycles. The highest BCUT2D eigenvalue weighted by atomic mass is 35.5. The van der Waals surface area contributed by atoms with E-state index in [1.54, 1.807) is 13.0 Å². The maximum atomic E-state index is 12.5. The fourth-order valence-electron chi connectivity index (χ4n) is 3.15. The molecule has 2 N–H and O–H groups in total. The number of nitrogens with zero attached hydrogens (tertiary/aromatic N) is 1. The zero-order valence-corrected chi connectivity index (χ0v) is 14.7. The lowest BCUT2D eigenvalue weighted by molar-refractivity contribution is -0.130. The number of anilines is 2. The molecular formula is C18H24ClN3O2. The van der Waals surface area contributed by atoms with E-state index in [-0.39, 0.29) is 17.7 Å². The van der Waals surface area contributed by atoms with Crippen molar-refractivity contribution in [2.75, 3.05) is 23.3 Å². The Kier molecular flexibility index (Phi) is 5.29.